The lowest BCUT2D eigenvalue weighted by molar-refractivity contribution is -0.116. The standard InChI is InChI=1S/C17H22N4O2/c1-10(2)16-19-17(23-20-16)11(3)18-14-5-6-15-13(9-14)7-8-21(15)12(4)22/h5-6,9-11,18H,7-8H2,1-4H3. The van der Waals surface area contributed by atoms with Crippen LogP contribution in [0.4, 0.5) is 11.4 Å². The number of hydrogen-bond acceptors (Lipinski definition) is 5. The van der Waals surface area contributed by atoms with Crippen LogP contribution in [0.15, 0.2) is 22.7 Å². The van der Waals surface area contributed by atoms with Crippen molar-refractivity contribution in [1.29, 1.82) is 0 Å². The van der Waals surface area contributed by atoms with Gasteiger partial charge in [-0.3, -0.25) is 4.79 Å². The maximum Gasteiger partial charge on any atom is 0.248 e. The summed E-state index contributed by atoms with van der Waals surface area (Å²) in [6.07, 6.45) is 0.886. The molecule has 1 aliphatic heterocycles. The van der Waals surface area contributed by atoms with Gasteiger partial charge in [0.25, 0.3) is 0 Å². The largest absolute Gasteiger partial charge is 0.374 e. The predicted octanol–water partition coefficient (Wildman–Crippen LogP) is 3.28. The average molecular weight is 314 g/mol. The van der Waals surface area contributed by atoms with E-state index in [0.29, 0.717) is 5.89 Å². The van der Waals surface area contributed by atoms with Gasteiger partial charge in [-0.1, -0.05) is 19.0 Å². The van der Waals surface area contributed by atoms with E-state index in [9.17, 15) is 4.79 Å². The van der Waals surface area contributed by atoms with E-state index in [2.05, 4.69) is 21.5 Å². The van der Waals surface area contributed by atoms with Gasteiger partial charge in [0.15, 0.2) is 5.82 Å². The highest BCUT2D eigenvalue weighted by Gasteiger charge is 2.23. The lowest BCUT2D eigenvalue weighted by Crippen LogP contribution is -2.25. The maximum absolute atomic E-state index is 11.6. The molecule has 23 heavy (non-hydrogen) atoms. The molecule has 0 saturated heterocycles. The Morgan fingerprint density at radius 3 is 2.78 bits per heavy atom. The third-order valence-electron chi connectivity index (χ3n) is 4.08. The van der Waals surface area contributed by atoms with Crippen molar-refractivity contribution in [3.05, 3.63) is 35.5 Å². The van der Waals surface area contributed by atoms with Crippen LogP contribution in [0.5, 0.6) is 0 Å². The minimum atomic E-state index is -0.0710. The summed E-state index contributed by atoms with van der Waals surface area (Å²) in [4.78, 5) is 17.8. The molecule has 1 atom stereocenters. The minimum absolute atomic E-state index is 0.0710. The van der Waals surface area contributed by atoms with Crippen LogP contribution in [-0.4, -0.2) is 22.6 Å². The number of aromatic nitrogens is 2. The quantitative estimate of drug-likeness (QED) is 0.937. The van der Waals surface area contributed by atoms with Crippen LogP contribution >= 0.6 is 0 Å². The van der Waals surface area contributed by atoms with Crippen LogP contribution in [0.1, 0.15) is 56.9 Å². The van der Waals surface area contributed by atoms with E-state index in [1.165, 1.54) is 5.56 Å². The summed E-state index contributed by atoms with van der Waals surface area (Å²) >= 11 is 0. The Morgan fingerprint density at radius 2 is 2.13 bits per heavy atom. The van der Waals surface area contributed by atoms with Gasteiger partial charge in [-0.25, -0.2) is 0 Å². The number of fused-ring (bicyclic) bond motifs is 1. The summed E-state index contributed by atoms with van der Waals surface area (Å²) in [5.41, 5.74) is 3.19. The summed E-state index contributed by atoms with van der Waals surface area (Å²) in [6.45, 7) is 8.42. The van der Waals surface area contributed by atoms with Gasteiger partial charge in [0.2, 0.25) is 11.8 Å². The minimum Gasteiger partial charge on any atom is -0.374 e. The van der Waals surface area contributed by atoms with Gasteiger partial charge in [0.05, 0.1) is 0 Å². The molecule has 2 heterocycles. The first-order valence-corrected chi connectivity index (χ1v) is 7.96. The Labute approximate surface area is 135 Å². The molecule has 1 unspecified atom stereocenters. The predicted molar refractivity (Wildman–Crippen MR) is 88.6 cm³/mol. The Bertz CT molecular complexity index is 723. The Balaban J connectivity index is 1.74. The molecule has 0 radical (unpaired) electrons. The molecular weight excluding hydrogens is 292 g/mol. The summed E-state index contributed by atoms with van der Waals surface area (Å²) in [6, 6.07) is 6.00. The van der Waals surface area contributed by atoms with Gasteiger partial charge in [-0.05, 0) is 37.1 Å². The van der Waals surface area contributed by atoms with Gasteiger partial charge < -0.3 is 14.7 Å². The molecule has 0 fully saturated rings. The number of hydrogen-bond donors (Lipinski definition) is 1. The lowest BCUT2D eigenvalue weighted by Gasteiger charge is -2.16. The van der Waals surface area contributed by atoms with E-state index in [4.69, 9.17) is 4.52 Å². The Hall–Kier alpha value is -2.37. The fourth-order valence-electron chi connectivity index (χ4n) is 2.79. The van der Waals surface area contributed by atoms with Gasteiger partial charge >= 0.3 is 0 Å². The lowest BCUT2D eigenvalue weighted by atomic mass is 10.1. The zero-order valence-corrected chi connectivity index (χ0v) is 14.0. The highest BCUT2D eigenvalue weighted by molar-refractivity contribution is 5.94. The number of benzene rings is 1. The van der Waals surface area contributed by atoms with Crippen molar-refractivity contribution in [1.82, 2.24) is 10.1 Å². The molecular formula is C17H22N4O2. The number of carbonyl (C=O) groups excluding carboxylic acids is 1. The molecule has 2 aromatic rings. The number of anilines is 2. The molecule has 6 heteroatoms. The first kappa shape index (κ1) is 15.5. The Kier molecular flexibility index (Phi) is 4.07. The third-order valence-corrected chi connectivity index (χ3v) is 4.08. The molecule has 1 aliphatic rings. The average Bonchev–Trinajstić information content (AvgIpc) is 3.13. The SMILES string of the molecule is CC(=O)N1CCc2cc(NC(C)c3nc(C(C)C)no3)ccc21. The van der Waals surface area contributed by atoms with Gasteiger partial charge in [0.1, 0.15) is 6.04 Å². The van der Waals surface area contributed by atoms with E-state index in [1.54, 1.807) is 6.92 Å². The molecule has 0 spiro atoms. The second-order valence-electron chi connectivity index (χ2n) is 6.28. The van der Waals surface area contributed by atoms with E-state index in [1.807, 2.05) is 37.8 Å². The molecule has 1 aromatic heterocycles. The molecule has 1 N–H and O–H groups in total. The molecule has 0 aliphatic carbocycles. The van der Waals surface area contributed by atoms with Gasteiger partial charge in [-0.15, -0.1) is 0 Å². The summed E-state index contributed by atoms with van der Waals surface area (Å²) in [5, 5.41) is 7.38. The molecule has 122 valence electrons. The molecule has 1 aromatic carbocycles. The van der Waals surface area contributed by atoms with Crippen LogP contribution in [-0.2, 0) is 11.2 Å². The molecule has 1 amide bonds. The maximum atomic E-state index is 11.6. The fraction of sp³-hybridized carbons (Fsp3) is 0.471. The highest BCUT2D eigenvalue weighted by Crippen LogP contribution is 2.31. The van der Waals surface area contributed by atoms with Crippen molar-refractivity contribution in [2.75, 3.05) is 16.8 Å². The summed E-state index contributed by atoms with van der Waals surface area (Å²) in [7, 11) is 0. The smallest absolute Gasteiger partial charge is 0.248 e. The van der Waals surface area contributed by atoms with Crippen molar-refractivity contribution in [2.45, 2.75) is 46.1 Å². The van der Waals surface area contributed by atoms with Crippen molar-refractivity contribution in [3.8, 4) is 0 Å². The van der Waals surface area contributed by atoms with Crippen LogP contribution in [0.25, 0.3) is 0 Å². The first-order chi connectivity index (χ1) is 11.0. The van der Waals surface area contributed by atoms with E-state index >= 15 is 0 Å². The highest BCUT2D eigenvalue weighted by atomic mass is 16.5. The molecule has 0 saturated carbocycles. The molecule has 3 rings (SSSR count). The van der Waals surface area contributed by atoms with Crippen LogP contribution < -0.4 is 10.2 Å². The van der Waals surface area contributed by atoms with Crippen molar-refractivity contribution in [3.63, 3.8) is 0 Å². The van der Waals surface area contributed by atoms with E-state index in [-0.39, 0.29) is 17.9 Å². The topological polar surface area (TPSA) is 71.3 Å². The fourth-order valence-corrected chi connectivity index (χ4v) is 2.79. The number of rotatable bonds is 4. The van der Waals surface area contributed by atoms with Crippen molar-refractivity contribution >= 4 is 17.3 Å². The van der Waals surface area contributed by atoms with Gasteiger partial charge in [0, 0.05) is 30.8 Å². The third kappa shape index (κ3) is 3.06. The summed E-state index contributed by atoms with van der Waals surface area (Å²) < 4.78 is 5.32. The Morgan fingerprint density at radius 1 is 1.35 bits per heavy atom. The van der Waals surface area contributed by atoms with Crippen LogP contribution in [0.3, 0.4) is 0 Å². The summed E-state index contributed by atoms with van der Waals surface area (Å²) in [5.74, 6) is 1.64. The van der Waals surface area contributed by atoms with Crippen molar-refractivity contribution < 1.29 is 9.32 Å². The normalized spacial score (nSPS) is 14.9. The van der Waals surface area contributed by atoms with Gasteiger partial charge in [-0.2, -0.15) is 4.98 Å². The number of amides is 1. The van der Waals surface area contributed by atoms with Crippen molar-refractivity contribution in [2.24, 2.45) is 0 Å². The molecule has 6 nitrogen and oxygen atoms in total. The van der Waals surface area contributed by atoms with E-state index < -0.39 is 0 Å². The first-order valence-electron chi connectivity index (χ1n) is 7.96. The van der Waals surface area contributed by atoms with E-state index in [0.717, 1.165) is 30.2 Å². The number of nitrogens with zero attached hydrogens (tertiary/aromatic N) is 3. The molecule has 0 bridgehead atoms. The second-order valence-corrected chi connectivity index (χ2v) is 6.28. The monoisotopic (exact) mass is 314 g/mol. The second kappa shape index (κ2) is 6.02. The number of carbonyl (C=O) groups is 1. The zero-order valence-electron chi connectivity index (χ0n) is 14.0. The number of nitrogens with one attached hydrogen (secondary N) is 1. The van der Waals surface area contributed by atoms with Crippen LogP contribution in [0, 0.1) is 0 Å². The van der Waals surface area contributed by atoms with Crippen LogP contribution in [0.2, 0.25) is 0 Å². The zero-order chi connectivity index (χ0) is 16.6.